The predicted molar refractivity (Wildman–Crippen MR) is 231 cm³/mol. The van der Waals surface area contributed by atoms with Gasteiger partial charge in [-0.05, 0) is 98.8 Å². The Kier molecular flexibility index (Phi) is 6.43. The van der Waals surface area contributed by atoms with Crippen LogP contribution in [0.5, 0.6) is 0 Å². The zero-order chi connectivity index (χ0) is 36.0. The molecule has 1 unspecified atom stereocenters. The normalized spacial score (nSPS) is 13.6. The van der Waals surface area contributed by atoms with Crippen molar-refractivity contribution in [3.8, 4) is 33.6 Å². The molecule has 0 spiro atoms. The first-order chi connectivity index (χ1) is 27.3. The maximum absolute atomic E-state index is 2.53. The highest BCUT2D eigenvalue weighted by molar-refractivity contribution is 6.22. The lowest BCUT2D eigenvalue weighted by Crippen LogP contribution is -2.00. The fourth-order valence-electron chi connectivity index (χ4n) is 9.67. The Balaban J connectivity index is 1.17. The summed E-state index contributed by atoms with van der Waals surface area (Å²) in [6, 6.07) is 74.0. The van der Waals surface area contributed by atoms with E-state index in [1.165, 1.54) is 105 Å². The third-order valence-electron chi connectivity index (χ3n) is 12.0. The van der Waals surface area contributed by atoms with Crippen LogP contribution in [0.25, 0.3) is 88.0 Å². The second kappa shape index (κ2) is 11.7. The molecule has 0 bridgehead atoms. The van der Waals surface area contributed by atoms with Crippen molar-refractivity contribution in [1.82, 2.24) is 9.13 Å². The molecule has 1 aliphatic rings. The summed E-state index contributed by atoms with van der Waals surface area (Å²) in [5.41, 5.74) is 16.4. The van der Waals surface area contributed by atoms with Gasteiger partial charge in [-0.25, -0.2) is 0 Å². The summed E-state index contributed by atoms with van der Waals surface area (Å²) in [5.74, 6) is 0.212. The molecule has 0 amide bonds. The van der Waals surface area contributed by atoms with Gasteiger partial charge in [0.2, 0.25) is 0 Å². The predicted octanol–water partition coefficient (Wildman–Crippen LogP) is 13.9. The highest BCUT2D eigenvalue weighted by Crippen LogP contribution is 2.50. The lowest BCUT2D eigenvalue weighted by atomic mass is 9.89. The first-order valence-electron chi connectivity index (χ1n) is 19.1. The Morgan fingerprint density at radius 2 is 0.964 bits per heavy atom. The Hall–Kier alpha value is -7.16. The minimum absolute atomic E-state index is 0.212. The molecule has 2 nitrogen and oxygen atoms in total. The van der Waals surface area contributed by atoms with Gasteiger partial charge in [-0.2, -0.15) is 0 Å². The summed E-state index contributed by atoms with van der Waals surface area (Å²) in [4.78, 5) is 0. The second-order valence-corrected chi connectivity index (χ2v) is 14.8. The number of aromatic nitrogens is 2. The van der Waals surface area contributed by atoms with Crippen LogP contribution < -0.4 is 0 Å². The van der Waals surface area contributed by atoms with E-state index in [-0.39, 0.29) is 5.92 Å². The van der Waals surface area contributed by atoms with Crippen molar-refractivity contribution in [1.29, 1.82) is 0 Å². The van der Waals surface area contributed by atoms with Crippen LogP contribution in [0.15, 0.2) is 200 Å². The molecule has 0 aliphatic heterocycles. The molecule has 0 radical (unpaired) electrons. The number of benzene rings is 9. The summed E-state index contributed by atoms with van der Waals surface area (Å²) in [5, 5.41) is 7.52. The van der Waals surface area contributed by atoms with Crippen LogP contribution in [0, 0.1) is 0 Å². The topological polar surface area (TPSA) is 9.86 Å². The molecule has 1 aliphatic carbocycles. The Labute approximate surface area is 318 Å². The largest absolute Gasteiger partial charge is 0.309 e. The van der Waals surface area contributed by atoms with Gasteiger partial charge in [0.1, 0.15) is 0 Å². The maximum atomic E-state index is 2.53. The average molecular weight is 699 g/mol. The summed E-state index contributed by atoms with van der Waals surface area (Å²) in [6.07, 6.45) is 0. The van der Waals surface area contributed by atoms with Crippen LogP contribution in [0.2, 0.25) is 0 Å². The van der Waals surface area contributed by atoms with Gasteiger partial charge in [0, 0.05) is 44.4 Å². The van der Waals surface area contributed by atoms with Crippen molar-refractivity contribution in [3.63, 3.8) is 0 Å². The first-order valence-corrected chi connectivity index (χ1v) is 19.1. The van der Waals surface area contributed by atoms with E-state index in [2.05, 4.69) is 209 Å². The minimum Gasteiger partial charge on any atom is -0.309 e. The van der Waals surface area contributed by atoms with Crippen molar-refractivity contribution < 1.29 is 0 Å². The fraction of sp³-hybridized carbons (Fsp3) is 0.0189. The fourth-order valence-corrected chi connectivity index (χ4v) is 9.67. The standard InChI is InChI=1S/C53H34N2/c1-3-15-34(16-4-1)51-43-24-10-9-21-40(43)45-33-38(28-29-44(45)51)55-49-26-14-12-23-42(49)47-31-35-17-7-8-20-39(35)52(53(47)55)36-27-30-50-46(32-36)41-22-11-13-25-48(41)54(50)37-18-5-2-6-19-37/h1-33,51H. The van der Waals surface area contributed by atoms with Gasteiger partial charge >= 0.3 is 0 Å². The van der Waals surface area contributed by atoms with Gasteiger partial charge in [0.15, 0.2) is 0 Å². The molecule has 55 heavy (non-hydrogen) atoms. The molecule has 9 aromatic carbocycles. The van der Waals surface area contributed by atoms with Gasteiger partial charge in [0.25, 0.3) is 0 Å². The minimum atomic E-state index is 0.212. The monoisotopic (exact) mass is 698 g/mol. The van der Waals surface area contributed by atoms with Crippen LogP contribution >= 0.6 is 0 Å². The molecular weight excluding hydrogens is 665 g/mol. The molecular formula is C53H34N2. The van der Waals surface area contributed by atoms with Crippen molar-refractivity contribution in [2.75, 3.05) is 0 Å². The van der Waals surface area contributed by atoms with Gasteiger partial charge in [-0.15, -0.1) is 0 Å². The van der Waals surface area contributed by atoms with Crippen LogP contribution in [-0.4, -0.2) is 9.13 Å². The van der Waals surface area contributed by atoms with Crippen LogP contribution in [0.1, 0.15) is 22.6 Å². The average Bonchev–Trinajstić information content (AvgIpc) is 3.88. The quantitative estimate of drug-likeness (QED) is 0.173. The molecule has 12 rings (SSSR count). The lowest BCUT2D eigenvalue weighted by molar-refractivity contribution is 1.01. The smallest absolute Gasteiger partial charge is 0.0625 e. The molecule has 11 aromatic rings. The number of hydrogen-bond donors (Lipinski definition) is 0. The zero-order valence-corrected chi connectivity index (χ0v) is 30.0. The van der Waals surface area contributed by atoms with E-state index in [4.69, 9.17) is 0 Å². The Morgan fingerprint density at radius 1 is 0.345 bits per heavy atom. The second-order valence-electron chi connectivity index (χ2n) is 14.8. The third-order valence-corrected chi connectivity index (χ3v) is 12.0. The van der Waals surface area contributed by atoms with E-state index in [1.807, 2.05) is 0 Å². The lowest BCUT2D eigenvalue weighted by Gasteiger charge is -2.17. The first kappa shape index (κ1) is 30.3. The number of hydrogen-bond acceptors (Lipinski definition) is 0. The van der Waals surface area contributed by atoms with Crippen LogP contribution in [0.3, 0.4) is 0 Å². The number of rotatable bonds is 4. The number of nitrogens with zero attached hydrogens (tertiary/aromatic N) is 2. The van der Waals surface area contributed by atoms with E-state index >= 15 is 0 Å². The van der Waals surface area contributed by atoms with Crippen molar-refractivity contribution >= 4 is 54.4 Å². The van der Waals surface area contributed by atoms with Crippen LogP contribution in [-0.2, 0) is 0 Å². The van der Waals surface area contributed by atoms with Gasteiger partial charge in [0.05, 0.1) is 22.1 Å². The summed E-state index contributed by atoms with van der Waals surface area (Å²) in [7, 11) is 0. The molecule has 1 atom stereocenters. The van der Waals surface area contributed by atoms with E-state index in [0.29, 0.717) is 0 Å². The van der Waals surface area contributed by atoms with Crippen LogP contribution in [0.4, 0.5) is 0 Å². The molecule has 0 fully saturated rings. The summed E-state index contributed by atoms with van der Waals surface area (Å²) < 4.78 is 4.93. The Bertz CT molecular complexity index is 3310. The summed E-state index contributed by atoms with van der Waals surface area (Å²) >= 11 is 0. The molecule has 0 saturated carbocycles. The number of fused-ring (bicyclic) bond motifs is 10. The molecule has 256 valence electrons. The van der Waals surface area contributed by atoms with E-state index in [1.54, 1.807) is 0 Å². The van der Waals surface area contributed by atoms with E-state index in [0.717, 1.165) is 0 Å². The zero-order valence-electron chi connectivity index (χ0n) is 30.0. The van der Waals surface area contributed by atoms with Crippen molar-refractivity contribution in [2.45, 2.75) is 5.92 Å². The van der Waals surface area contributed by atoms with Crippen molar-refractivity contribution in [2.24, 2.45) is 0 Å². The molecule has 2 aromatic heterocycles. The third kappa shape index (κ3) is 4.37. The van der Waals surface area contributed by atoms with Crippen molar-refractivity contribution in [3.05, 3.63) is 217 Å². The maximum Gasteiger partial charge on any atom is 0.0625 e. The number of para-hydroxylation sites is 3. The molecule has 2 heteroatoms. The summed E-state index contributed by atoms with van der Waals surface area (Å²) in [6.45, 7) is 0. The molecule has 0 N–H and O–H groups in total. The van der Waals surface area contributed by atoms with Gasteiger partial charge in [-0.3, -0.25) is 0 Å². The SMILES string of the molecule is c1ccc(C2c3ccccc3-c3cc(-n4c5ccccc5c5cc6ccccc6c(-c6ccc7c(c6)c6ccccc6n7-c6ccccc6)c54)ccc32)cc1. The van der Waals surface area contributed by atoms with Gasteiger partial charge < -0.3 is 9.13 Å². The highest BCUT2D eigenvalue weighted by atomic mass is 15.0. The molecule has 2 heterocycles. The Morgan fingerprint density at radius 3 is 1.78 bits per heavy atom. The highest BCUT2D eigenvalue weighted by Gasteiger charge is 2.30. The van der Waals surface area contributed by atoms with E-state index in [9.17, 15) is 0 Å². The molecule has 0 saturated heterocycles. The van der Waals surface area contributed by atoms with E-state index < -0.39 is 0 Å². The van der Waals surface area contributed by atoms with Gasteiger partial charge in [-0.1, -0.05) is 146 Å².